The van der Waals surface area contributed by atoms with Crippen molar-refractivity contribution in [2.45, 2.75) is 13.5 Å². The van der Waals surface area contributed by atoms with Gasteiger partial charge in [0.25, 0.3) is 11.5 Å². The van der Waals surface area contributed by atoms with E-state index in [-0.39, 0.29) is 30.8 Å². The van der Waals surface area contributed by atoms with Crippen LogP contribution in [0.1, 0.15) is 22.8 Å². The first-order valence-electron chi connectivity index (χ1n) is 9.66. The predicted octanol–water partition coefficient (Wildman–Crippen LogP) is 2.13. The minimum absolute atomic E-state index is 0.114. The largest absolute Gasteiger partial charge is 0.465 e. The van der Waals surface area contributed by atoms with Crippen LogP contribution in [0.3, 0.4) is 0 Å². The van der Waals surface area contributed by atoms with Crippen molar-refractivity contribution >= 4 is 28.4 Å². The molecule has 1 N–H and O–H groups in total. The first kappa shape index (κ1) is 20.3. The fourth-order valence-electron chi connectivity index (χ4n) is 3.41. The molecule has 0 radical (unpaired) electrons. The molecule has 0 unspecified atom stereocenters. The number of hydrogen-bond acceptors (Lipinski definition) is 5. The normalized spacial score (nSPS) is 11.0. The van der Waals surface area contributed by atoms with Crippen molar-refractivity contribution in [2.24, 2.45) is 0 Å². The van der Waals surface area contributed by atoms with Gasteiger partial charge in [-0.25, -0.2) is 8.91 Å². The average Bonchev–Trinajstić information content (AvgIpc) is 3.25. The van der Waals surface area contributed by atoms with Crippen molar-refractivity contribution in [3.8, 4) is 0 Å². The molecule has 2 aromatic heterocycles. The Labute approximate surface area is 175 Å². The number of fused-ring (bicyclic) bond motifs is 3. The third-order valence-corrected chi connectivity index (χ3v) is 4.79. The lowest BCUT2D eigenvalue weighted by molar-refractivity contribution is -0.141. The van der Waals surface area contributed by atoms with E-state index in [1.54, 1.807) is 43.3 Å². The van der Waals surface area contributed by atoms with E-state index in [2.05, 4.69) is 10.4 Å². The lowest BCUT2D eigenvalue weighted by Crippen LogP contribution is -2.31. The second-order valence-electron chi connectivity index (χ2n) is 6.84. The summed E-state index contributed by atoms with van der Waals surface area (Å²) in [6.45, 7) is 1.75. The van der Waals surface area contributed by atoms with E-state index in [1.165, 1.54) is 27.4 Å². The van der Waals surface area contributed by atoms with Crippen molar-refractivity contribution in [3.05, 3.63) is 82.0 Å². The molecule has 0 fully saturated rings. The van der Waals surface area contributed by atoms with Crippen LogP contribution in [0.15, 0.2) is 59.5 Å². The molecule has 4 aromatic rings. The van der Waals surface area contributed by atoms with Crippen LogP contribution in [0.5, 0.6) is 0 Å². The van der Waals surface area contributed by atoms with Crippen molar-refractivity contribution in [3.63, 3.8) is 0 Å². The first-order valence-corrected chi connectivity index (χ1v) is 9.66. The molecule has 0 aliphatic carbocycles. The molecule has 8 nitrogen and oxygen atoms in total. The van der Waals surface area contributed by atoms with Gasteiger partial charge in [0.15, 0.2) is 0 Å². The highest BCUT2D eigenvalue weighted by Crippen LogP contribution is 2.18. The Bertz CT molecular complexity index is 1360. The highest BCUT2D eigenvalue weighted by Gasteiger charge is 2.15. The fraction of sp³-hybridized carbons (Fsp3) is 0.182. The van der Waals surface area contributed by atoms with Gasteiger partial charge >= 0.3 is 5.97 Å². The van der Waals surface area contributed by atoms with Gasteiger partial charge in [0.2, 0.25) is 0 Å². The van der Waals surface area contributed by atoms with Gasteiger partial charge in [-0.1, -0.05) is 12.1 Å². The highest BCUT2D eigenvalue weighted by atomic mass is 19.1. The van der Waals surface area contributed by atoms with Gasteiger partial charge in [-0.2, -0.15) is 5.10 Å². The van der Waals surface area contributed by atoms with Crippen LogP contribution in [0.2, 0.25) is 0 Å². The number of esters is 1. The number of halogens is 1. The zero-order chi connectivity index (χ0) is 22.0. The van der Waals surface area contributed by atoms with Crippen LogP contribution in [-0.2, 0) is 16.1 Å². The van der Waals surface area contributed by atoms with E-state index >= 15 is 0 Å². The van der Waals surface area contributed by atoms with E-state index in [4.69, 9.17) is 4.74 Å². The van der Waals surface area contributed by atoms with Crippen LogP contribution in [-0.4, -0.2) is 39.2 Å². The van der Waals surface area contributed by atoms with Gasteiger partial charge in [-0.15, -0.1) is 0 Å². The smallest absolute Gasteiger partial charge is 0.325 e. The predicted molar refractivity (Wildman–Crippen MR) is 111 cm³/mol. The molecule has 0 aliphatic heterocycles. The number of benzene rings is 2. The van der Waals surface area contributed by atoms with Crippen LogP contribution in [0.4, 0.5) is 4.39 Å². The maximum absolute atomic E-state index is 13.7. The van der Waals surface area contributed by atoms with Crippen molar-refractivity contribution in [2.75, 3.05) is 13.2 Å². The Balaban J connectivity index is 1.79. The molecule has 2 heterocycles. The summed E-state index contributed by atoms with van der Waals surface area (Å²) in [5, 5.41) is 6.70. The summed E-state index contributed by atoms with van der Waals surface area (Å²) in [5.74, 6) is -1.43. The number of carbonyl (C=O) groups is 2. The SMILES string of the molecule is CCOC(=O)CNC(=O)c1ccc2c(c1)n(Cc1cccc(F)c1)c(=O)c1ccnn12. The van der Waals surface area contributed by atoms with E-state index in [1.807, 2.05) is 0 Å². The lowest BCUT2D eigenvalue weighted by Gasteiger charge is -2.13. The Hall–Kier alpha value is -4.01. The van der Waals surface area contributed by atoms with E-state index < -0.39 is 17.7 Å². The molecule has 2 aromatic carbocycles. The van der Waals surface area contributed by atoms with Crippen molar-refractivity contribution in [1.29, 1.82) is 0 Å². The number of nitrogens with zero attached hydrogens (tertiary/aromatic N) is 3. The molecular formula is C22H19FN4O4. The zero-order valence-electron chi connectivity index (χ0n) is 16.7. The molecule has 0 saturated heterocycles. The molecule has 1 amide bonds. The van der Waals surface area contributed by atoms with Gasteiger partial charge in [0.1, 0.15) is 17.9 Å². The highest BCUT2D eigenvalue weighted by molar-refractivity contribution is 5.98. The quantitative estimate of drug-likeness (QED) is 0.481. The number of amides is 1. The van der Waals surface area contributed by atoms with E-state index in [9.17, 15) is 18.8 Å². The van der Waals surface area contributed by atoms with Gasteiger partial charge in [0, 0.05) is 5.56 Å². The number of carbonyl (C=O) groups excluding carboxylic acids is 2. The van der Waals surface area contributed by atoms with Crippen molar-refractivity contribution < 1.29 is 18.7 Å². The summed E-state index contributed by atoms with van der Waals surface area (Å²) >= 11 is 0. The minimum Gasteiger partial charge on any atom is -0.465 e. The van der Waals surface area contributed by atoms with E-state index in [0.29, 0.717) is 22.1 Å². The number of aromatic nitrogens is 3. The third kappa shape index (κ3) is 4.02. The average molecular weight is 422 g/mol. The maximum atomic E-state index is 13.7. The number of nitrogens with one attached hydrogen (secondary N) is 1. The summed E-state index contributed by atoms with van der Waals surface area (Å²) in [4.78, 5) is 37.2. The summed E-state index contributed by atoms with van der Waals surface area (Å²) in [6.07, 6.45) is 1.52. The second kappa shape index (κ2) is 8.39. The molecule has 0 bridgehead atoms. The molecule has 4 rings (SSSR count). The minimum atomic E-state index is -0.544. The van der Waals surface area contributed by atoms with Crippen molar-refractivity contribution in [1.82, 2.24) is 19.5 Å². The Morgan fingerprint density at radius 2 is 1.94 bits per heavy atom. The lowest BCUT2D eigenvalue weighted by atomic mass is 10.1. The van der Waals surface area contributed by atoms with Gasteiger partial charge < -0.3 is 14.6 Å². The van der Waals surface area contributed by atoms with Crippen LogP contribution in [0, 0.1) is 5.82 Å². The molecule has 158 valence electrons. The molecular weight excluding hydrogens is 403 g/mol. The van der Waals surface area contributed by atoms with Crippen LogP contribution < -0.4 is 10.9 Å². The monoisotopic (exact) mass is 422 g/mol. The topological polar surface area (TPSA) is 94.7 Å². The van der Waals surface area contributed by atoms with Gasteiger partial charge in [-0.05, 0) is 48.9 Å². The molecule has 0 spiro atoms. The zero-order valence-corrected chi connectivity index (χ0v) is 16.7. The fourth-order valence-corrected chi connectivity index (χ4v) is 3.41. The molecule has 9 heteroatoms. The summed E-state index contributed by atoms with van der Waals surface area (Å²) in [6, 6.07) is 12.4. The summed E-state index contributed by atoms with van der Waals surface area (Å²) < 4.78 is 21.5. The third-order valence-electron chi connectivity index (χ3n) is 4.79. The Morgan fingerprint density at radius 1 is 1.10 bits per heavy atom. The summed E-state index contributed by atoms with van der Waals surface area (Å²) in [7, 11) is 0. The standard InChI is InChI=1S/C22H19FN4O4/c1-2-31-20(28)12-24-21(29)15-6-7-17-19(11-15)26(13-14-4-3-5-16(23)10-14)22(30)18-8-9-25-27(17)18/h3-11H,2,12-13H2,1H3,(H,24,29). The molecule has 0 aliphatic rings. The number of ether oxygens (including phenoxy) is 1. The second-order valence-corrected chi connectivity index (χ2v) is 6.84. The van der Waals surface area contributed by atoms with Gasteiger partial charge in [-0.3, -0.25) is 14.4 Å². The number of rotatable bonds is 6. The first-order chi connectivity index (χ1) is 15.0. The maximum Gasteiger partial charge on any atom is 0.325 e. The van der Waals surface area contributed by atoms with Crippen LogP contribution in [0.25, 0.3) is 16.6 Å². The number of hydrogen-bond donors (Lipinski definition) is 1. The van der Waals surface area contributed by atoms with Gasteiger partial charge in [0.05, 0.1) is 30.4 Å². The van der Waals surface area contributed by atoms with Crippen LogP contribution >= 0.6 is 0 Å². The molecule has 0 atom stereocenters. The molecule has 0 saturated carbocycles. The Kier molecular flexibility index (Phi) is 5.48. The van der Waals surface area contributed by atoms with E-state index in [0.717, 1.165) is 0 Å². The molecule has 31 heavy (non-hydrogen) atoms. The Morgan fingerprint density at radius 3 is 2.71 bits per heavy atom. The summed E-state index contributed by atoms with van der Waals surface area (Å²) in [5.41, 5.74) is 1.97.